The molecule has 0 aromatic carbocycles. The van der Waals surface area contributed by atoms with Crippen molar-refractivity contribution in [2.75, 3.05) is 13.1 Å². The number of amides is 1. The zero-order valence-electron chi connectivity index (χ0n) is 12.9. The van der Waals surface area contributed by atoms with Gasteiger partial charge in [0.15, 0.2) is 0 Å². The van der Waals surface area contributed by atoms with Gasteiger partial charge in [-0.3, -0.25) is 9.59 Å². The lowest BCUT2D eigenvalue weighted by molar-refractivity contribution is -0.137. The molecule has 3 atom stereocenters. The van der Waals surface area contributed by atoms with Gasteiger partial charge in [0.1, 0.15) is 0 Å². The summed E-state index contributed by atoms with van der Waals surface area (Å²) in [5.74, 6) is -0.189. The van der Waals surface area contributed by atoms with Crippen molar-refractivity contribution in [2.24, 2.45) is 5.92 Å². The summed E-state index contributed by atoms with van der Waals surface area (Å²) in [5.41, 5.74) is 0. The zero-order valence-corrected chi connectivity index (χ0v) is 12.9. The molecule has 21 heavy (non-hydrogen) atoms. The Morgan fingerprint density at radius 3 is 2.67 bits per heavy atom. The minimum Gasteiger partial charge on any atom is -0.481 e. The Balaban J connectivity index is 1.70. The van der Waals surface area contributed by atoms with Gasteiger partial charge in [0.25, 0.3) is 0 Å². The largest absolute Gasteiger partial charge is 0.481 e. The molecule has 2 saturated heterocycles. The van der Waals surface area contributed by atoms with Crippen molar-refractivity contribution in [2.45, 2.75) is 70.5 Å². The first-order valence-electron chi connectivity index (χ1n) is 8.19. The quantitative estimate of drug-likeness (QED) is 0.817. The van der Waals surface area contributed by atoms with Crippen molar-refractivity contribution in [3.63, 3.8) is 0 Å². The Bertz CT molecular complexity index is 371. The highest BCUT2D eigenvalue weighted by atomic mass is 16.5. The normalized spacial score (nSPS) is 29.6. The van der Waals surface area contributed by atoms with Gasteiger partial charge in [-0.2, -0.15) is 0 Å². The first kappa shape index (κ1) is 16.3. The van der Waals surface area contributed by atoms with Crippen LogP contribution in [0, 0.1) is 5.92 Å². The van der Waals surface area contributed by atoms with Gasteiger partial charge >= 0.3 is 5.97 Å². The van der Waals surface area contributed by atoms with Gasteiger partial charge in [0.05, 0.1) is 12.2 Å². The molecule has 1 amide bonds. The first-order chi connectivity index (χ1) is 10.0. The third kappa shape index (κ3) is 5.30. The summed E-state index contributed by atoms with van der Waals surface area (Å²) >= 11 is 0. The first-order valence-corrected chi connectivity index (χ1v) is 8.19. The highest BCUT2D eigenvalue weighted by Crippen LogP contribution is 2.25. The molecule has 2 fully saturated rings. The highest BCUT2D eigenvalue weighted by Gasteiger charge is 2.26. The smallest absolute Gasteiger partial charge is 0.303 e. The summed E-state index contributed by atoms with van der Waals surface area (Å²) in [6.07, 6.45) is 7.05. The number of carboxylic acid groups (broad SMARTS) is 1. The Hall–Kier alpha value is -1.10. The molecule has 3 unspecified atom stereocenters. The molecular weight excluding hydrogens is 270 g/mol. The molecule has 5 nitrogen and oxygen atoms in total. The number of piperidine rings is 1. The monoisotopic (exact) mass is 297 g/mol. The number of aliphatic carboxylic acids is 1. The maximum atomic E-state index is 12.3. The number of carboxylic acids is 1. The van der Waals surface area contributed by atoms with Crippen LogP contribution in [-0.4, -0.2) is 47.2 Å². The molecule has 1 N–H and O–H groups in total. The average molecular weight is 297 g/mol. The van der Waals surface area contributed by atoms with E-state index in [-0.39, 0.29) is 18.4 Å². The highest BCUT2D eigenvalue weighted by molar-refractivity contribution is 5.76. The van der Waals surface area contributed by atoms with Gasteiger partial charge in [0.2, 0.25) is 5.91 Å². The molecule has 5 heteroatoms. The van der Waals surface area contributed by atoms with E-state index in [0.29, 0.717) is 24.9 Å². The topological polar surface area (TPSA) is 66.8 Å². The second-order valence-electron chi connectivity index (χ2n) is 6.47. The Kier molecular flexibility index (Phi) is 6.03. The fourth-order valence-corrected chi connectivity index (χ4v) is 3.39. The van der Waals surface area contributed by atoms with E-state index in [9.17, 15) is 9.59 Å². The van der Waals surface area contributed by atoms with Gasteiger partial charge < -0.3 is 14.7 Å². The van der Waals surface area contributed by atoms with Crippen LogP contribution < -0.4 is 0 Å². The summed E-state index contributed by atoms with van der Waals surface area (Å²) in [6.45, 7) is 3.64. The molecule has 0 aromatic rings. The van der Waals surface area contributed by atoms with Gasteiger partial charge in [-0.25, -0.2) is 0 Å². The van der Waals surface area contributed by atoms with Crippen LogP contribution >= 0.6 is 0 Å². The second-order valence-corrected chi connectivity index (χ2v) is 6.47. The lowest BCUT2D eigenvalue weighted by Gasteiger charge is -2.33. The molecule has 0 radical (unpaired) electrons. The van der Waals surface area contributed by atoms with E-state index >= 15 is 0 Å². The molecule has 0 aliphatic carbocycles. The lowest BCUT2D eigenvalue weighted by Crippen LogP contribution is -2.40. The average Bonchev–Trinajstić information content (AvgIpc) is 2.88. The van der Waals surface area contributed by atoms with Gasteiger partial charge in [0, 0.05) is 25.9 Å². The summed E-state index contributed by atoms with van der Waals surface area (Å²) in [6, 6.07) is 0. The molecule has 0 spiro atoms. The number of rotatable bonds is 6. The maximum Gasteiger partial charge on any atom is 0.303 e. The number of hydrogen-bond donors (Lipinski definition) is 1. The standard InChI is InChI=1S/C16H27NO4/c1-12-4-6-14(21-12)7-8-15(18)17-10-2-3-13(11-17)5-9-16(19)20/h12-14H,2-11H2,1H3,(H,19,20). The van der Waals surface area contributed by atoms with Crippen LogP contribution in [0.3, 0.4) is 0 Å². The van der Waals surface area contributed by atoms with Crippen molar-refractivity contribution in [3.8, 4) is 0 Å². The fraction of sp³-hybridized carbons (Fsp3) is 0.875. The number of carbonyl (C=O) groups excluding carboxylic acids is 1. The minimum absolute atomic E-state index is 0.207. The molecule has 0 aromatic heterocycles. The predicted octanol–water partition coefficient (Wildman–Crippen LogP) is 2.44. The Morgan fingerprint density at radius 1 is 1.19 bits per heavy atom. The van der Waals surface area contributed by atoms with Crippen LogP contribution in [-0.2, 0) is 14.3 Å². The molecular formula is C16H27NO4. The van der Waals surface area contributed by atoms with E-state index in [2.05, 4.69) is 6.92 Å². The van der Waals surface area contributed by atoms with E-state index < -0.39 is 5.97 Å². The van der Waals surface area contributed by atoms with Crippen LogP contribution in [0.15, 0.2) is 0 Å². The number of likely N-dealkylation sites (tertiary alicyclic amines) is 1. The number of nitrogens with zero attached hydrogens (tertiary/aromatic N) is 1. The summed E-state index contributed by atoms with van der Waals surface area (Å²) in [4.78, 5) is 24.8. The molecule has 0 bridgehead atoms. The van der Waals surface area contributed by atoms with Crippen LogP contribution in [0.2, 0.25) is 0 Å². The molecule has 2 heterocycles. The van der Waals surface area contributed by atoms with Gasteiger partial charge in [-0.05, 0) is 51.4 Å². The predicted molar refractivity (Wildman–Crippen MR) is 79.0 cm³/mol. The van der Waals surface area contributed by atoms with Gasteiger partial charge in [-0.15, -0.1) is 0 Å². The summed E-state index contributed by atoms with van der Waals surface area (Å²) in [7, 11) is 0. The van der Waals surface area contributed by atoms with Crippen LogP contribution in [0.1, 0.15) is 58.3 Å². The van der Waals surface area contributed by atoms with Gasteiger partial charge in [-0.1, -0.05) is 0 Å². The third-order valence-corrected chi connectivity index (χ3v) is 4.64. The SMILES string of the molecule is CC1CCC(CCC(=O)N2CCCC(CCC(=O)O)C2)O1. The summed E-state index contributed by atoms with van der Waals surface area (Å²) < 4.78 is 5.75. The molecule has 0 saturated carbocycles. The van der Waals surface area contributed by atoms with Crippen molar-refractivity contribution in [1.29, 1.82) is 0 Å². The fourth-order valence-electron chi connectivity index (χ4n) is 3.39. The molecule has 2 rings (SSSR count). The minimum atomic E-state index is -0.744. The number of carbonyl (C=O) groups is 2. The Labute approximate surface area is 126 Å². The van der Waals surface area contributed by atoms with Crippen molar-refractivity contribution < 1.29 is 19.4 Å². The zero-order chi connectivity index (χ0) is 15.2. The van der Waals surface area contributed by atoms with Crippen molar-refractivity contribution in [3.05, 3.63) is 0 Å². The van der Waals surface area contributed by atoms with E-state index in [1.54, 1.807) is 0 Å². The summed E-state index contributed by atoms with van der Waals surface area (Å²) in [5, 5.41) is 8.75. The van der Waals surface area contributed by atoms with E-state index in [1.165, 1.54) is 0 Å². The number of hydrogen-bond acceptors (Lipinski definition) is 3. The van der Waals surface area contributed by atoms with Crippen molar-refractivity contribution >= 4 is 11.9 Å². The van der Waals surface area contributed by atoms with E-state index in [1.807, 2.05) is 4.90 Å². The second kappa shape index (κ2) is 7.78. The Morgan fingerprint density at radius 2 is 2.00 bits per heavy atom. The van der Waals surface area contributed by atoms with E-state index in [0.717, 1.165) is 45.2 Å². The molecule has 120 valence electrons. The van der Waals surface area contributed by atoms with E-state index in [4.69, 9.17) is 9.84 Å². The van der Waals surface area contributed by atoms with Crippen LogP contribution in [0.25, 0.3) is 0 Å². The number of ether oxygens (including phenoxy) is 1. The van der Waals surface area contributed by atoms with Crippen LogP contribution in [0.5, 0.6) is 0 Å². The lowest BCUT2D eigenvalue weighted by atomic mass is 9.93. The molecule has 2 aliphatic heterocycles. The molecule has 2 aliphatic rings. The van der Waals surface area contributed by atoms with Crippen molar-refractivity contribution in [1.82, 2.24) is 4.90 Å². The van der Waals surface area contributed by atoms with Crippen LogP contribution in [0.4, 0.5) is 0 Å². The maximum absolute atomic E-state index is 12.3. The third-order valence-electron chi connectivity index (χ3n) is 4.64.